The molecule has 1 heterocycles. The number of hydrogen-bond donors (Lipinski definition) is 2. The molecule has 6 heteroatoms. The monoisotopic (exact) mass is 348 g/mol. The van der Waals surface area contributed by atoms with E-state index in [1.165, 1.54) is 0 Å². The maximum atomic E-state index is 12.1. The van der Waals surface area contributed by atoms with Crippen LogP contribution in [-0.4, -0.2) is 22.1 Å². The second-order valence-electron chi connectivity index (χ2n) is 5.02. The van der Waals surface area contributed by atoms with Gasteiger partial charge in [-0.1, -0.05) is 15.9 Å². The lowest BCUT2D eigenvalue weighted by Crippen LogP contribution is -2.16. The summed E-state index contributed by atoms with van der Waals surface area (Å²) in [6.45, 7) is 5.99. The molecular formula is C15H17BrN4O. The van der Waals surface area contributed by atoms with E-state index >= 15 is 0 Å². The molecular weight excluding hydrogens is 332 g/mol. The van der Waals surface area contributed by atoms with Gasteiger partial charge in [0.15, 0.2) is 5.69 Å². The highest BCUT2D eigenvalue weighted by atomic mass is 79.9. The molecule has 0 bridgehead atoms. The summed E-state index contributed by atoms with van der Waals surface area (Å²) in [6, 6.07) is 9.28. The Balaban J connectivity index is 2.07. The lowest BCUT2D eigenvalue weighted by molar-refractivity contribution is 0.102. The van der Waals surface area contributed by atoms with Crippen molar-refractivity contribution in [3.63, 3.8) is 0 Å². The smallest absolute Gasteiger partial charge is 0.276 e. The van der Waals surface area contributed by atoms with Crippen molar-refractivity contribution in [2.45, 2.75) is 26.8 Å². The van der Waals surface area contributed by atoms with Crippen molar-refractivity contribution in [1.29, 1.82) is 0 Å². The van der Waals surface area contributed by atoms with Gasteiger partial charge in [-0.15, -0.1) is 10.2 Å². The topological polar surface area (TPSA) is 66.9 Å². The third kappa shape index (κ3) is 4.26. The second-order valence-corrected chi connectivity index (χ2v) is 5.88. The minimum absolute atomic E-state index is 0.268. The van der Waals surface area contributed by atoms with Gasteiger partial charge in [0.05, 0.1) is 0 Å². The Morgan fingerprint density at radius 3 is 2.52 bits per heavy atom. The number of aryl methyl sites for hydroxylation is 1. The van der Waals surface area contributed by atoms with Crippen molar-refractivity contribution in [3.8, 4) is 0 Å². The number of nitrogens with one attached hydrogen (secondary N) is 2. The number of amides is 1. The Bertz CT molecular complexity index is 641. The Labute approximate surface area is 132 Å². The maximum absolute atomic E-state index is 12.1. The Morgan fingerprint density at radius 2 is 1.95 bits per heavy atom. The van der Waals surface area contributed by atoms with Crippen LogP contribution in [0.15, 0.2) is 34.8 Å². The van der Waals surface area contributed by atoms with E-state index in [1.54, 1.807) is 12.1 Å². The zero-order valence-corrected chi connectivity index (χ0v) is 13.7. The number of anilines is 2. The van der Waals surface area contributed by atoms with Crippen LogP contribution in [0.25, 0.3) is 0 Å². The fourth-order valence-electron chi connectivity index (χ4n) is 1.74. The number of hydrogen-bond acceptors (Lipinski definition) is 4. The first-order valence-corrected chi connectivity index (χ1v) is 7.43. The van der Waals surface area contributed by atoms with Crippen LogP contribution < -0.4 is 10.6 Å². The van der Waals surface area contributed by atoms with E-state index in [0.29, 0.717) is 5.82 Å². The molecule has 0 aliphatic rings. The van der Waals surface area contributed by atoms with Gasteiger partial charge in [0.2, 0.25) is 0 Å². The van der Waals surface area contributed by atoms with Crippen molar-refractivity contribution < 1.29 is 4.79 Å². The van der Waals surface area contributed by atoms with E-state index in [-0.39, 0.29) is 17.6 Å². The summed E-state index contributed by atoms with van der Waals surface area (Å²) in [5.41, 5.74) is 2.06. The lowest BCUT2D eigenvalue weighted by Gasteiger charge is -2.09. The summed E-state index contributed by atoms with van der Waals surface area (Å²) in [5, 5.41) is 13.8. The normalized spacial score (nSPS) is 10.5. The largest absolute Gasteiger partial charge is 0.366 e. The van der Waals surface area contributed by atoms with Gasteiger partial charge in [-0.2, -0.15) is 0 Å². The number of carbonyl (C=O) groups is 1. The fraction of sp³-hybridized carbons (Fsp3) is 0.267. The maximum Gasteiger partial charge on any atom is 0.276 e. The molecule has 1 amide bonds. The highest BCUT2D eigenvalue weighted by Crippen LogP contribution is 2.20. The number of carbonyl (C=O) groups excluding carboxylic acids is 1. The lowest BCUT2D eigenvalue weighted by atomic mass is 10.2. The molecule has 2 N–H and O–H groups in total. The second kappa shape index (κ2) is 6.67. The number of halogens is 1. The van der Waals surface area contributed by atoms with Crippen molar-refractivity contribution in [2.24, 2.45) is 0 Å². The molecule has 0 spiro atoms. The molecule has 21 heavy (non-hydrogen) atoms. The Hall–Kier alpha value is -1.95. The summed E-state index contributed by atoms with van der Waals surface area (Å²) in [7, 11) is 0. The third-order valence-electron chi connectivity index (χ3n) is 2.75. The van der Waals surface area contributed by atoms with Gasteiger partial charge in [-0.05, 0) is 56.7 Å². The first-order valence-electron chi connectivity index (χ1n) is 6.63. The molecule has 1 aromatic carbocycles. The zero-order chi connectivity index (χ0) is 15.4. The van der Waals surface area contributed by atoms with Gasteiger partial charge in [0.25, 0.3) is 5.91 Å². The molecule has 0 aliphatic heterocycles. The van der Waals surface area contributed by atoms with Crippen LogP contribution in [0.3, 0.4) is 0 Å². The van der Waals surface area contributed by atoms with E-state index in [0.717, 1.165) is 15.7 Å². The van der Waals surface area contributed by atoms with E-state index in [2.05, 4.69) is 36.8 Å². The van der Waals surface area contributed by atoms with Gasteiger partial charge in [0.1, 0.15) is 5.82 Å². The number of rotatable bonds is 4. The molecule has 0 saturated heterocycles. The van der Waals surface area contributed by atoms with Crippen LogP contribution in [0, 0.1) is 6.92 Å². The van der Waals surface area contributed by atoms with Crippen molar-refractivity contribution in [3.05, 3.63) is 46.1 Å². The highest BCUT2D eigenvalue weighted by molar-refractivity contribution is 9.10. The molecule has 0 saturated carbocycles. The third-order valence-corrected chi connectivity index (χ3v) is 3.64. The van der Waals surface area contributed by atoms with Crippen LogP contribution in [0.5, 0.6) is 0 Å². The molecule has 110 valence electrons. The van der Waals surface area contributed by atoms with Gasteiger partial charge >= 0.3 is 0 Å². The molecule has 2 aromatic rings. The summed E-state index contributed by atoms with van der Waals surface area (Å²) >= 11 is 3.43. The van der Waals surface area contributed by atoms with Crippen LogP contribution in [0.4, 0.5) is 11.5 Å². The first kappa shape index (κ1) is 15.4. The van der Waals surface area contributed by atoms with E-state index in [4.69, 9.17) is 0 Å². The molecule has 0 aliphatic carbocycles. The van der Waals surface area contributed by atoms with Crippen molar-refractivity contribution in [2.75, 3.05) is 10.6 Å². The average Bonchev–Trinajstić information content (AvgIpc) is 2.43. The SMILES string of the molecule is Cc1cc(NC(=O)c2ccc(NC(C)C)nn2)ccc1Br. The summed E-state index contributed by atoms with van der Waals surface area (Å²) in [4.78, 5) is 12.1. The van der Waals surface area contributed by atoms with Gasteiger partial charge < -0.3 is 10.6 Å². The van der Waals surface area contributed by atoms with Crippen LogP contribution in [0.2, 0.25) is 0 Å². The molecule has 5 nitrogen and oxygen atoms in total. The molecule has 1 aromatic heterocycles. The molecule has 2 rings (SSSR count). The number of aromatic nitrogens is 2. The number of nitrogens with zero attached hydrogens (tertiary/aromatic N) is 2. The summed E-state index contributed by atoms with van der Waals surface area (Å²) in [5.74, 6) is 0.376. The molecule has 0 fully saturated rings. The predicted octanol–water partition coefficient (Wildman–Crippen LogP) is 3.62. The number of benzene rings is 1. The van der Waals surface area contributed by atoms with Gasteiger partial charge in [-0.3, -0.25) is 4.79 Å². The molecule has 0 atom stereocenters. The minimum Gasteiger partial charge on any atom is -0.366 e. The van der Waals surface area contributed by atoms with E-state index < -0.39 is 0 Å². The standard InChI is InChI=1S/C15H17BrN4O/c1-9(2)17-14-7-6-13(19-20-14)15(21)18-11-4-5-12(16)10(3)8-11/h4-9H,1-3H3,(H,17,20)(H,18,21). The van der Waals surface area contributed by atoms with Gasteiger partial charge in [-0.25, -0.2) is 0 Å². The highest BCUT2D eigenvalue weighted by Gasteiger charge is 2.09. The van der Waals surface area contributed by atoms with Crippen LogP contribution >= 0.6 is 15.9 Å². The zero-order valence-electron chi connectivity index (χ0n) is 12.1. The van der Waals surface area contributed by atoms with Crippen LogP contribution in [-0.2, 0) is 0 Å². The van der Waals surface area contributed by atoms with Crippen LogP contribution in [0.1, 0.15) is 29.9 Å². The minimum atomic E-state index is -0.277. The fourth-order valence-corrected chi connectivity index (χ4v) is 1.99. The van der Waals surface area contributed by atoms with Gasteiger partial charge in [0, 0.05) is 16.2 Å². The first-order chi connectivity index (χ1) is 9.95. The molecule has 0 radical (unpaired) electrons. The Kier molecular flexibility index (Phi) is 4.90. The summed E-state index contributed by atoms with van der Waals surface area (Å²) in [6.07, 6.45) is 0. The Morgan fingerprint density at radius 1 is 1.19 bits per heavy atom. The quantitative estimate of drug-likeness (QED) is 0.885. The van der Waals surface area contributed by atoms with Crippen molar-refractivity contribution in [1.82, 2.24) is 10.2 Å². The molecule has 0 unspecified atom stereocenters. The summed E-state index contributed by atoms with van der Waals surface area (Å²) < 4.78 is 1.00. The predicted molar refractivity (Wildman–Crippen MR) is 87.6 cm³/mol. The average molecular weight is 349 g/mol. The van der Waals surface area contributed by atoms with E-state index in [9.17, 15) is 4.79 Å². The van der Waals surface area contributed by atoms with Crippen molar-refractivity contribution >= 4 is 33.3 Å². The van der Waals surface area contributed by atoms with E-state index in [1.807, 2.05) is 39.0 Å².